The molecule has 1 aliphatic heterocycles. The van der Waals surface area contributed by atoms with E-state index in [0.29, 0.717) is 50.4 Å². The highest BCUT2D eigenvalue weighted by Gasteiger charge is 2.39. The summed E-state index contributed by atoms with van der Waals surface area (Å²) in [5, 5.41) is 19.9. The van der Waals surface area contributed by atoms with Crippen molar-refractivity contribution in [3.05, 3.63) is 28.7 Å². The van der Waals surface area contributed by atoms with Crippen LogP contribution in [0.25, 0.3) is 11.0 Å². The minimum absolute atomic E-state index is 0.00363. The van der Waals surface area contributed by atoms with Gasteiger partial charge >= 0.3 is 0 Å². The molecule has 0 spiro atoms. The third-order valence-electron chi connectivity index (χ3n) is 6.00. The Labute approximate surface area is 168 Å². The molecule has 1 aliphatic carbocycles. The highest BCUT2D eigenvalue weighted by atomic mass is 32.2. The van der Waals surface area contributed by atoms with Crippen LogP contribution in [-0.4, -0.2) is 57.1 Å². The Hall–Kier alpha value is -2.08. The van der Waals surface area contributed by atoms with Crippen LogP contribution in [0.15, 0.2) is 23.1 Å². The highest BCUT2D eigenvalue weighted by Crippen LogP contribution is 2.39. The van der Waals surface area contributed by atoms with Gasteiger partial charge in [-0.15, -0.1) is 0 Å². The minimum atomic E-state index is -3.67. The van der Waals surface area contributed by atoms with Crippen molar-refractivity contribution in [3.63, 3.8) is 0 Å². The van der Waals surface area contributed by atoms with Crippen molar-refractivity contribution in [2.75, 3.05) is 18.4 Å². The lowest BCUT2D eigenvalue weighted by Crippen LogP contribution is -2.45. The Kier molecular flexibility index (Phi) is 5.09. The standard InChI is InChI=1S/C18H26N6O4S/c1-18(26)8-2-3-14(18)24-15(25)5-4-12-11-20-17(22-16(12)24)21-13-6-9-23(10-7-13)29(19,27)28/h4-5,11,13-14,26H,2-3,6-10H2,1H3,(H2,19,27,28)(H,20,21,22). The normalized spacial score (nSPS) is 26.8. The predicted octanol–water partition coefficient (Wildman–Crippen LogP) is 0.347. The zero-order valence-electron chi connectivity index (χ0n) is 16.3. The molecule has 158 valence electrons. The van der Waals surface area contributed by atoms with Crippen molar-refractivity contribution < 1.29 is 13.5 Å². The fraction of sp³-hybridized carbons (Fsp3) is 0.611. The molecule has 29 heavy (non-hydrogen) atoms. The SMILES string of the molecule is CC1(O)CCCC1n1c(=O)ccc2cnc(NC3CCN(S(N)(=O)=O)CC3)nc21. The first-order valence-corrected chi connectivity index (χ1v) is 11.3. The van der Waals surface area contributed by atoms with Crippen LogP contribution in [0.4, 0.5) is 5.95 Å². The van der Waals surface area contributed by atoms with E-state index >= 15 is 0 Å². The number of nitrogens with one attached hydrogen (secondary N) is 1. The van der Waals surface area contributed by atoms with Gasteiger partial charge in [-0.3, -0.25) is 9.36 Å². The lowest BCUT2D eigenvalue weighted by molar-refractivity contribution is 0.0267. The van der Waals surface area contributed by atoms with E-state index in [4.69, 9.17) is 5.14 Å². The topological polar surface area (TPSA) is 143 Å². The van der Waals surface area contributed by atoms with Crippen LogP contribution in [0, 0.1) is 0 Å². The van der Waals surface area contributed by atoms with Crippen molar-refractivity contribution >= 4 is 27.2 Å². The van der Waals surface area contributed by atoms with Gasteiger partial charge in [0.2, 0.25) is 5.95 Å². The fourth-order valence-corrected chi connectivity index (χ4v) is 5.10. The molecule has 10 nitrogen and oxygen atoms in total. The van der Waals surface area contributed by atoms with E-state index in [1.165, 1.54) is 10.4 Å². The molecule has 0 radical (unpaired) electrons. The van der Waals surface area contributed by atoms with Gasteiger partial charge in [-0.2, -0.15) is 17.7 Å². The van der Waals surface area contributed by atoms with Crippen molar-refractivity contribution in [3.8, 4) is 0 Å². The maximum atomic E-state index is 12.6. The van der Waals surface area contributed by atoms with Crippen molar-refractivity contribution in [2.45, 2.75) is 56.7 Å². The molecule has 2 fully saturated rings. The van der Waals surface area contributed by atoms with Gasteiger partial charge in [0.15, 0.2) is 0 Å². The number of hydrogen-bond acceptors (Lipinski definition) is 7. The molecule has 1 saturated heterocycles. The van der Waals surface area contributed by atoms with Gasteiger partial charge in [0.25, 0.3) is 15.8 Å². The van der Waals surface area contributed by atoms with E-state index in [0.717, 1.165) is 11.8 Å². The Morgan fingerprint density at radius 1 is 1.28 bits per heavy atom. The van der Waals surface area contributed by atoms with Gasteiger partial charge in [0, 0.05) is 36.8 Å². The summed E-state index contributed by atoms with van der Waals surface area (Å²) in [5.74, 6) is 0.378. The number of aliphatic hydroxyl groups is 1. The van der Waals surface area contributed by atoms with Crippen LogP contribution >= 0.6 is 0 Å². The van der Waals surface area contributed by atoms with Gasteiger partial charge in [-0.1, -0.05) is 0 Å². The average Bonchev–Trinajstić information content (AvgIpc) is 3.00. The quantitative estimate of drug-likeness (QED) is 0.645. The molecular formula is C18H26N6O4S. The first-order chi connectivity index (χ1) is 13.6. The summed E-state index contributed by atoms with van der Waals surface area (Å²) >= 11 is 0. The molecule has 2 unspecified atom stereocenters. The number of rotatable bonds is 4. The van der Waals surface area contributed by atoms with Crippen molar-refractivity contribution in [1.29, 1.82) is 0 Å². The molecular weight excluding hydrogens is 396 g/mol. The summed E-state index contributed by atoms with van der Waals surface area (Å²) in [7, 11) is -3.67. The Balaban J connectivity index is 1.61. The first kappa shape index (κ1) is 20.2. The van der Waals surface area contributed by atoms with Gasteiger partial charge in [-0.05, 0) is 45.1 Å². The zero-order chi connectivity index (χ0) is 20.8. The third kappa shape index (κ3) is 4.00. The van der Waals surface area contributed by atoms with Crippen molar-refractivity contribution in [1.82, 2.24) is 18.8 Å². The van der Waals surface area contributed by atoms with Crippen LogP contribution in [0.2, 0.25) is 0 Å². The number of pyridine rings is 1. The number of nitrogens with two attached hydrogens (primary N) is 1. The molecule has 2 aliphatic rings. The summed E-state index contributed by atoms with van der Waals surface area (Å²) < 4.78 is 25.7. The average molecular weight is 423 g/mol. The van der Waals surface area contributed by atoms with E-state index in [1.54, 1.807) is 23.8 Å². The lowest BCUT2D eigenvalue weighted by atomic mass is 10.00. The molecule has 3 heterocycles. The number of hydrogen-bond donors (Lipinski definition) is 3. The summed E-state index contributed by atoms with van der Waals surface area (Å²) in [6.45, 7) is 2.43. The largest absolute Gasteiger partial charge is 0.388 e. The van der Waals surface area contributed by atoms with E-state index in [2.05, 4.69) is 15.3 Å². The summed E-state index contributed by atoms with van der Waals surface area (Å²) in [5.41, 5.74) is -0.670. The minimum Gasteiger partial charge on any atom is -0.388 e. The number of piperidine rings is 1. The van der Waals surface area contributed by atoms with Crippen LogP contribution in [-0.2, 0) is 10.2 Å². The molecule has 4 N–H and O–H groups in total. The monoisotopic (exact) mass is 422 g/mol. The van der Waals surface area contributed by atoms with E-state index in [9.17, 15) is 18.3 Å². The van der Waals surface area contributed by atoms with Gasteiger partial charge in [0.1, 0.15) is 5.65 Å². The van der Waals surface area contributed by atoms with Crippen LogP contribution in [0.5, 0.6) is 0 Å². The molecule has 0 amide bonds. The predicted molar refractivity (Wildman–Crippen MR) is 109 cm³/mol. The molecule has 0 bridgehead atoms. The summed E-state index contributed by atoms with van der Waals surface area (Å²) in [6, 6.07) is 2.84. The van der Waals surface area contributed by atoms with E-state index < -0.39 is 15.8 Å². The lowest BCUT2D eigenvalue weighted by Gasteiger charge is -2.30. The Morgan fingerprint density at radius 3 is 2.62 bits per heavy atom. The molecule has 11 heteroatoms. The smallest absolute Gasteiger partial charge is 0.276 e. The summed E-state index contributed by atoms with van der Waals surface area (Å²) in [4.78, 5) is 21.6. The maximum absolute atomic E-state index is 12.6. The Bertz CT molecular complexity index is 1080. The second-order valence-electron chi connectivity index (χ2n) is 8.14. The molecule has 0 aromatic carbocycles. The van der Waals surface area contributed by atoms with Crippen LogP contribution < -0.4 is 16.0 Å². The number of aromatic nitrogens is 3. The van der Waals surface area contributed by atoms with Gasteiger partial charge in [0.05, 0.1) is 11.6 Å². The Morgan fingerprint density at radius 2 is 2.00 bits per heavy atom. The number of anilines is 1. The number of nitrogens with zero attached hydrogens (tertiary/aromatic N) is 4. The maximum Gasteiger partial charge on any atom is 0.276 e. The van der Waals surface area contributed by atoms with Crippen molar-refractivity contribution in [2.24, 2.45) is 5.14 Å². The molecule has 2 atom stereocenters. The van der Waals surface area contributed by atoms with E-state index in [1.807, 2.05) is 0 Å². The highest BCUT2D eigenvalue weighted by molar-refractivity contribution is 7.86. The van der Waals surface area contributed by atoms with Crippen LogP contribution in [0.1, 0.15) is 45.1 Å². The fourth-order valence-electron chi connectivity index (χ4n) is 4.38. The van der Waals surface area contributed by atoms with Gasteiger partial charge in [-0.25, -0.2) is 10.1 Å². The second-order valence-corrected chi connectivity index (χ2v) is 9.69. The molecule has 1 saturated carbocycles. The molecule has 2 aromatic rings. The number of fused-ring (bicyclic) bond motifs is 1. The molecule has 4 rings (SSSR count). The molecule has 2 aromatic heterocycles. The first-order valence-electron chi connectivity index (χ1n) is 9.80. The van der Waals surface area contributed by atoms with Gasteiger partial charge < -0.3 is 10.4 Å². The second kappa shape index (κ2) is 7.31. The summed E-state index contributed by atoms with van der Waals surface area (Å²) in [6.07, 6.45) is 5.01. The zero-order valence-corrected chi connectivity index (χ0v) is 17.1. The van der Waals surface area contributed by atoms with E-state index in [-0.39, 0.29) is 17.6 Å². The van der Waals surface area contributed by atoms with Crippen LogP contribution in [0.3, 0.4) is 0 Å². The third-order valence-corrected chi connectivity index (χ3v) is 7.09.